The highest BCUT2D eigenvalue weighted by Crippen LogP contribution is 2.18. The predicted octanol–water partition coefficient (Wildman–Crippen LogP) is 3.65. The summed E-state index contributed by atoms with van der Waals surface area (Å²) in [7, 11) is 0. The minimum Gasteiger partial charge on any atom is -0.493 e. The molecule has 19 heavy (non-hydrogen) atoms. The highest BCUT2D eigenvalue weighted by Gasteiger charge is 2.04. The molecular weight excluding hydrogens is 243 g/mol. The molecule has 2 rings (SSSR count). The van der Waals surface area contributed by atoms with Gasteiger partial charge in [0.05, 0.1) is 12.2 Å². The van der Waals surface area contributed by atoms with Crippen LogP contribution >= 0.6 is 0 Å². The number of ether oxygens (including phenoxy) is 1. The van der Waals surface area contributed by atoms with Gasteiger partial charge in [-0.05, 0) is 36.6 Å². The fourth-order valence-corrected chi connectivity index (χ4v) is 1.85. The van der Waals surface area contributed by atoms with Crippen molar-refractivity contribution in [3.63, 3.8) is 0 Å². The van der Waals surface area contributed by atoms with E-state index in [1.54, 1.807) is 0 Å². The first-order valence-electron chi connectivity index (χ1n) is 6.21. The number of aldehydes is 1. The lowest BCUT2D eigenvalue weighted by molar-refractivity contribution is 0.111. The van der Waals surface area contributed by atoms with Gasteiger partial charge < -0.3 is 4.74 Å². The van der Waals surface area contributed by atoms with E-state index in [2.05, 4.69) is 12.1 Å². The Balaban J connectivity index is 1.84. The molecule has 0 radical (unpaired) electrons. The molecular formula is C16H15FO2. The molecule has 98 valence electrons. The first-order chi connectivity index (χ1) is 9.29. The van der Waals surface area contributed by atoms with E-state index in [-0.39, 0.29) is 5.56 Å². The van der Waals surface area contributed by atoms with Crippen LogP contribution in [0.1, 0.15) is 22.3 Å². The van der Waals surface area contributed by atoms with Gasteiger partial charge >= 0.3 is 0 Å². The number of benzene rings is 2. The van der Waals surface area contributed by atoms with Crippen molar-refractivity contribution >= 4 is 6.29 Å². The van der Waals surface area contributed by atoms with E-state index >= 15 is 0 Å². The normalized spacial score (nSPS) is 10.2. The highest BCUT2D eigenvalue weighted by atomic mass is 19.1. The van der Waals surface area contributed by atoms with E-state index in [9.17, 15) is 9.18 Å². The molecule has 2 aromatic carbocycles. The van der Waals surface area contributed by atoms with Crippen LogP contribution in [-0.2, 0) is 6.42 Å². The average molecular weight is 258 g/mol. The number of hydrogen-bond donors (Lipinski definition) is 0. The molecule has 0 spiro atoms. The Hall–Kier alpha value is -2.16. The Morgan fingerprint density at radius 2 is 1.89 bits per heavy atom. The molecule has 2 nitrogen and oxygen atoms in total. The van der Waals surface area contributed by atoms with E-state index in [0.29, 0.717) is 18.6 Å². The zero-order valence-corrected chi connectivity index (χ0v) is 10.5. The zero-order chi connectivity index (χ0) is 13.5. The standard InChI is InChI=1S/C16H15FO2/c17-15-8-9-16(14(11-15)12-18)19-10-4-7-13-5-2-1-3-6-13/h1-3,5-6,8-9,11-12H,4,7,10H2. The molecule has 0 aliphatic rings. The van der Waals surface area contributed by atoms with Gasteiger partial charge in [-0.1, -0.05) is 30.3 Å². The lowest BCUT2D eigenvalue weighted by Gasteiger charge is -2.08. The fraction of sp³-hybridized carbons (Fsp3) is 0.188. The van der Waals surface area contributed by atoms with Gasteiger partial charge in [0.25, 0.3) is 0 Å². The summed E-state index contributed by atoms with van der Waals surface area (Å²) in [5.74, 6) is 0.00296. The van der Waals surface area contributed by atoms with Crippen molar-refractivity contribution in [2.75, 3.05) is 6.61 Å². The minimum absolute atomic E-state index is 0.250. The van der Waals surface area contributed by atoms with E-state index in [1.165, 1.54) is 23.8 Å². The quantitative estimate of drug-likeness (QED) is 0.584. The summed E-state index contributed by atoms with van der Waals surface area (Å²) < 4.78 is 18.4. The summed E-state index contributed by atoms with van der Waals surface area (Å²) in [6.07, 6.45) is 2.37. The molecule has 0 bridgehead atoms. The first kappa shape index (κ1) is 13.3. The van der Waals surface area contributed by atoms with E-state index in [4.69, 9.17) is 4.74 Å². The van der Waals surface area contributed by atoms with E-state index < -0.39 is 5.82 Å². The Morgan fingerprint density at radius 3 is 2.63 bits per heavy atom. The third-order valence-electron chi connectivity index (χ3n) is 2.81. The van der Waals surface area contributed by atoms with Crippen molar-refractivity contribution in [2.45, 2.75) is 12.8 Å². The van der Waals surface area contributed by atoms with Crippen molar-refractivity contribution in [1.82, 2.24) is 0 Å². The molecule has 0 atom stereocenters. The van der Waals surface area contributed by atoms with Crippen molar-refractivity contribution < 1.29 is 13.9 Å². The third-order valence-corrected chi connectivity index (χ3v) is 2.81. The number of aryl methyl sites for hydroxylation is 1. The van der Waals surface area contributed by atoms with E-state index in [1.807, 2.05) is 18.2 Å². The van der Waals surface area contributed by atoms with Crippen molar-refractivity contribution in [1.29, 1.82) is 0 Å². The summed E-state index contributed by atoms with van der Waals surface area (Å²) in [6, 6.07) is 14.1. The van der Waals surface area contributed by atoms with Crippen LogP contribution in [0.15, 0.2) is 48.5 Å². The summed E-state index contributed by atoms with van der Waals surface area (Å²) in [5.41, 5.74) is 1.50. The largest absolute Gasteiger partial charge is 0.493 e. The molecule has 3 heteroatoms. The predicted molar refractivity (Wildman–Crippen MR) is 72.0 cm³/mol. The van der Waals surface area contributed by atoms with Crippen LogP contribution in [-0.4, -0.2) is 12.9 Å². The maximum absolute atomic E-state index is 12.9. The molecule has 0 heterocycles. The Labute approximate surface area is 111 Å². The Bertz CT molecular complexity index is 538. The Morgan fingerprint density at radius 1 is 1.11 bits per heavy atom. The number of rotatable bonds is 6. The molecule has 0 aliphatic heterocycles. The maximum atomic E-state index is 12.9. The van der Waals surface area contributed by atoms with Crippen molar-refractivity contribution in [3.05, 3.63) is 65.5 Å². The first-order valence-corrected chi connectivity index (χ1v) is 6.21. The second-order valence-corrected chi connectivity index (χ2v) is 4.24. The maximum Gasteiger partial charge on any atom is 0.153 e. The van der Waals surface area contributed by atoms with Crippen LogP contribution in [0.4, 0.5) is 4.39 Å². The monoisotopic (exact) mass is 258 g/mol. The van der Waals surface area contributed by atoms with Crippen molar-refractivity contribution in [2.24, 2.45) is 0 Å². The van der Waals surface area contributed by atoms with Crippen LogP contribution in [0, 0.1) is 5.82 Å². The van der Waals surface area contributed by atoms with Crippen LogP contribution in [0.3, 0.4) is 0 Å². The smallest absolute Gasteiger partial charge is 0.153 e. The molecule has 0 saturated heterocycles. The lowest BCUT2D eigenvalue weighted by Crippen LogP contribution is -2.02. The molecule has 0 aromatic heterocycles. The number of halogens is 1. The highest BCUT2D eigenvalue weighted by molar-refractivity contribution is 5.79. The number of carbonyl (C=O) groups is 1. The van der Waals surface area contributed by atoms with Gasteiger partial charge in [0.2, 0.25) is 0 Å². The zero-order valence-electron chi connectivity index (χ0n) is 10.5. The molecule has 0 amide bonds. The summed E-state index contributed by atoms with van der Waals surface area (Å²) in [4.78, 5) is 10.8. The fourth-order valence-electron chi connectivity index (χ4n) is 1.85. The van der Waals surface area contributed by atoms with Gasteiger partial charge in [-0.15, -0.1) is 0 Å². The number of hydrogen-bond acceptors (Lipinski definition) is 2. The molecule has 0 aliphatic carbocycles. The van der Waals surface area contributed by atoms with Crippen molar-refractivity contribution in [3.8, 4) is 5.75 Å². The third kappa shape index (κ3) is 3.91. The SMILES string of the molecule is O=Cc1cc(F)ccc1OCCCc1ccccc1. The molecule has 2 aromatic rings. The molecule has 0 fully saturated rings. The van der Waals surface area contributed by atoms with Gasteiger partial charge in [-0.2, -0.15) is 0 Å². The average Bonchev–Trinajstić information content (AvgIpc) is 2.46. The number of carbonyl (C=O) groups excluding carboxylic acids is 1. The van der Waals surface area contributed by atoms with Gasteiger partial charge in [-0.25, -0.2) is 4.39 Å². The summed E-state index contributed by atoms with van der Waals surface area (Å²) in [6.45, 7) is 0.501. The van der Waals surface area contributed by atoms with Gasteiger partial charge in [-0.3, -0.25) is 4.79 Å². The van der Waals surface area contributed by atoms with Crippen LogP contribution < -0.4 is 4.74 Å². The second-order valence-electron chi connectivity index (χ2n) is 4.24. The molecule has 0 saturated carbocycles. The van der Waals surface area contributed by atoms with Crippen LogP contribution in [0.5, 0.6) is 5.75 Å². The molecule has 0 N–H and O–H groups in total. The van der Waals surface area contributed by atoms with Crippen LogP contribution in [0.2, 0.25) is 0 Å². The second kappa shape index (κ2) is 6.69. The van der Waals surface area contributed by atoms with Gasteiger partial charge in [0, 0.05) is 0 Å². The molecule has 0 unspecified atom stereocenters. The summed E-state index contributed by atoms with van der Waals surface area (Å²) in [5, 5.41) is 0. The van der Waals surface area contributed by atoms with Crippen LogP contribution in [0.25, 0.3) is 0 Å². The van der Waals surface area contributed by atoms with E-state index in [0.717, 1.165) is 12.8 Å². The van der Waals surface area contributed by atoms with Gasteiger partial charge in [0.1, 0.15) is 11.6 Å². The minimum atomic E-state index is -0.432. The Kier molecular flexibility index (Phi) is 4.67. The topological polar surface area (TPSA) is 26.3 Å². The lowest BCUT2D eigenvalue weighted by atomic mass is 10.1. The van der Waals surface area contributed by atoms with Gasteiger partial charge in [0.15, 0.2) is 6.29 Å². The summed E-state index contributed by atoms with van der Waals surface area (Å²) >= 11 is 0.